The first kappa shape index (κ1) is 22.2. The molecule has 0 unspecified atom stereocenters. The SMILES string of the molecule is C[C@@H](O[C@H]1CC[C@@H]2CNC[C@H]2[C@@H]1c1ccc(F)cc1)c1cc(CF)cc(C(F)(F)F)c1. The van der Waals surface area contributed by atoms with Gasteiger partial charge in [0.05, 0.1) is 17.8 Å². The molecule has 1 saturated carbocycles. The number of rotatable bonds is 5. The normalized spacial score (nSPS) is 27.2. The molecule has 2 nitrogen and oxygen atoms in total. The molecule has 0 spiro atoms. The van der Waals surface area contributed by atoms with E-state index >= 15 is 0 Å². The van der Waals surface area contributed by atoms with Crippen molar-refractivity contribution in [3.63, 3.8) is 0 Å². The molecule has 0 bridgehead atoms. The molecule has 2 fully saturated rings. The van der Waals surface area contributed by atoms with Gasteiger partial charge in [0.25, 0.3) is 0 Å². The molecule has 1 saturated heterocycles. The van der Waals surface area contributed by atoms with Crippen LogP contribution >= 0.6 is 0 Å². The van der Waals surface area contributed by atoms with Gasteiger partial charge in [-0.1, -0.05) is 18.2 Å². The van der Waals surface area contributed by atoms with Gasteiger partial charge in [0.15, 0.2) is 0 Å². The smallest absolute Gasteiger partial charge is 0.370 e. The Morgan fingerprint density at radius 3 is 2.48 bits per heavy atom. The molecule has 4 rings (SSSR count). The zero-order valence-corrected chi connectivity index (χ0v) is 17.3. The molecular formula is C24H26F5NO. The van der Waals surface area contributed by atoms with Crippen molar-refractivity contribution in [2.45, 2.75) is 50.7 Å². The molecule has 1 N–H and O–H groups in total. The number of fused-ring (bicyclic) bond motifs is 1. The van der Waals surface area contributed by atoms with Crippen LogP contribution in [-0.2, 0) is 17.6 Å². The van der Waals surface area contributed by atoms with Crippen LogP contribution in [0, 0.1) is 17.7 Å². The van der Waals surface area contributed by atoms with Crippen molar-refractivity contribution in [3.8, 4) is 0 Å². The second-order valence-electron chi connectivity index (χ2n) is 8.65. The van der Waals surface area contributed by atoms with Gasteiger partial charge in [0.2, 0.25) is 0 Å². The highest BCUT2D eigenvalue weighted by Crippen LogP contribution is 2.46. The van der Waals surface area contributed by atoms with E-state index in [1.54, 1.807) is 19.1 Å². The van der Waals surface area contributed by atoms with Gasteiger partial charge in [-0.25, -0.2) is 8.78 Å². The lowest BCUT2D eigenvalue weighted by molar-refractivity contribution is -0.137. The van der Waals surface area contributed by atoms with E-state index in [9.17, 15) is 22.0 Å². The summed E-state index contributed by atoms with van der Waals surface area (Å²) in [7, 11) is 0. The molecule has 0 radical (unpaired) electrons. The molecule has 2 aromatic rings. The summed E-state index contributed by atoms with van der Waals surface area (Å²) in [5.74, 6) is 0.522. The van der Waals surface area contributed by atoms with Gasteiger partial charge < -0.3 is 10.1 Å². The number of ether oxygens (including phenoxy) is 1. The predicted octanol–water partition coefficient (Wildman–Crippen LogP) is 6.17. The van der Waals surface area contributed by atoms with Crippen molar-refractivity contribution in [1.82, 2.24) is 5.32 Å². The van der Waals surface area contributed by atoms with Crippen molar-refractivity contribution in [2.24, 2.45) is 11.8 Å². The predicted molar refractivity (Wildman–Crippen MR) is 108 cm³/mol. The van der Waals surface area contributed by atoms with Crippen LogP contribution in [0.4, 0.5) is 22.0 Å². The minimum absolute atomic E-state index is 0.0148. The topological polar surface area (TPSA) is 21.3 Å². The van der Waals surface area contributed by atoms with Gasteiger partial charge in [-0.2, -0.15) is 13.2 Å². The van der Waals surface area contributed by atoms with Crippen LogP contribution in [0.2, 0.25) is 0 Å². The fraction of sp³-hybridized carbons (Fsp3) is 0.500. The van der Waals surface area contributed by atoms with E-state index in [1.807, 2.05) is 0 Å². The summed E-state index contributed by atoms with van der Waals surface area (Å²) >= 11 is 0. The van der Waals surface area contributed by atoms with E-state index in [4.69, 9.17) is 4.74 Å². The maximum atomic E-state index is 13.5. The third-order valence-electron chi connectivity index (χ3n) is 6.68. The Kier molecular flexibility index (Phi) is 6.35. The number of hydrogen-bond acceptors (Lipinski definition) is 2. The molecule has 7 heteroatoms. The summed E-state index contributed by atoms with van der Waals surface area (Å²) in [6, 6.07) is 9.73. The first-order valence-corrected chi connectivity index (χ1v) is 10.6. The Morgan fingerprint density at radius 2 is 1.81 bits per heavy atom. The van der Waals surface area contributed by atoms with E-state index in [2.05, 4.69) is 5.32 Å². The van der Waals surface area contributed by atoms with Gasteiger partial charge in [-0.3, -0.25) is 0 Å². The maximum Gasteiger partial charge on any atom is 0.416 e. The summed E-state index contributed by atoms with van der Waals surface area (Å²) in [6.45, 7) is 2.49. The van der Waals surface area contributed by atoms with Crippen LogP contribution in [-0.4, -0.2) is 19.2 Å². The fourth-order valence-corrected chi connectivity index (χ4v) is 5.16. The standard InChI is InChI=1S/C24H26F5NO/c1-14(18-8-15(11-25)9-19(10-18)24(27,28)29)31-22-7-4-17-12-30-13-21(17)23(22)16-2-5-20(26)6-3-16/h2-3,5-6,8-10,14,17,21-23,30H,4,7,11-13H2,1H3/t14-,17-,21-,22+,23+/m1/s1. The number of nitrogens with one attached hydrogen (secondary N) is 1. The van der Waals surface area contributed by atoms with E-state index in [0.29, 0.717) is 17.4 Å². The highest BCUT2D eigenvalue weighted by atomic mass is 19.4. The number of halogens is 5. The average molecular weight is 439 g/mol. The summed E-state index contributed by atoms with van der Waals surface area (Å²) in [4.78, 5) is 0. The van der Waals surface area contributed by atoms with Gasteiger partial charge in [0.1, 0.15) is 12.5 Å². The second kappa shape index (κ2) is 8.87. The molecule has 2 aliphatic rings. The molecule has 1 aliphatic heterocycles. The summed E-state index contributed by atoms with van der Waals surface area (Å²) < 4.78 is 72.8. The average Bonchev–Trinajstić information content (AvgIpc) is 3.22. The van der Waals surface area contributed by atoms with Crippen LogP contribution in [0.3, 0.4) is 0 Å². The van der Waals surface area contributed by atoms with Crippen LogP contribution in [0.1, 0.15) is 54.0 Å². The third kappa shape index (κ3) is 4.77. The lowest BCUT2D eigenvalue weighted by Gasteiger charge is -2.41. The molecule has 1 aliphatic carbocycles. The Bertz CT molecular complexity index is 898. The van der Waals surface area contributed by atoms with Crippen LogP contribution in [0.15, 0.2) is 42.5 Å². The molecule has 2 aromatic carbocycles. The highest BCUT2D eigenvalue weighted by molar-refractivity contribution is 5.33. The first-order valence-electron chi connectivity index (χ1n) is 10.6. The number of alkyl halides is 4. The largest absolute Gasteiger partial charge is 0.416 e. The second-order valence-corrected chi connectivity index (χ2v) is 8.65. The van der Waals surface area contributed by atoms with Crippen molar-refractivity contribution in [2.75, 3.05) is 13.1 Å². The Hall–Kier alpha value is -1.99. The Balaban J connectivity index is 1.61. The minimum atomic E-state index is -4.55. The summed E-state index contributed by atoms with van der Waals surface area (Å²) in [5, 5.41) is 3.42. The molecule has 0 aromatic heterocycles. The minimum Gasteiger partial charge on any atom is -0.370 e. The maximum absolute atomic E-state index is 13.5. The molecular weight excluding hydrogens is 413 g/mol. The molecule has 1 heterocycles. The van der Waals surface area contributed by atoms with E-state index in [-0.39, 0.29) is 23.4 Å². The first-order chi connectivity index (χ1) is 14.8. The molecule has 31 heavy (non-hydrogen) atoms. The van der Waals surface area contributed by atoms with Gasteiger partial charge >= 0.3 is 6.18 Å². The van der Waals surface area contributed by atoms with Gasteiger partial charge in [0, 0.05) is 5.92 Å². The van der Waals surface area contributed by atoms with E-state index in [0.717, 1.165) is 43.6 Å². The van der Waals surface area contributed by atoms with Crippen LogP contribution in [0.25, 0.3) is 0 Å². The molecule has 168 valence electrons. The van der Waals surface area contributed by atoms with Crippen molar-refractivity contribution < 1.29 is 26.7 Å². The zero-order chi connectivity index (χ0) is 22.2. The number of hydrogen-bond donors (Lipinski definition) is 1. The van der Waals surface area contributed by atoms with Crippen molar-refractivity contribution >= 4 is 0 Å². The van der Waals surface area contributed by atoms with Gasteiger partial charge in [-0.15, -0.1) is 0 Å². The quantitative estimate of drug-likeness (QED) is 0.563. The van der Waals surface area contributed by atoms with E-state index in [1.165, 1.54) is 18.2 Å². The Labute approximate surface area is 178 Å². The Morgan fingerprint density at radius 1 is 1.06 bits per heavy atom. The van der Waals surface area contributed by atoms with E-state index < -0.39 is 24.5 Å². The van der Waals surface area contributed by atoms with Crippen LogP contribution in [0.5, 0.6) is 0 Å². The van der Waals surface area contributed by atoms with Crippen molar-refractivity contribution in [3.05, 3.63) is 70.5 Å². The fourth-order valence-electron chi connectivity index (χ4n) is 5.16. The van der Waals surface area contributed by atoms with Crippen molar-refractivity contribution in [1.29, 1.82) is 0 Å². The van der Waals surface area contributed by atoms with Crippen LogP contribution < -0.4 is 5.32 Å². The lowest BCUT2D eigenvalue weighted by atomic mass is 9.69. The third-order valence-corrected chi connectivity index (χ3v) is 6.68. The summed E-state index contributed by atoms with van der Waals surface area (Å²) in [5.41, 5.74) is 0.406. The monoisotopic (exact) mass is 439 g/mol. The lowest BCUT2D eigenvalue weighted by Crippen LogP contribution is -2.38. The highest BCUT2D eigenvalue weighted by Gasteiger charge is 2.43. The summed E-state index contributed by atoms with van der Waals surface area (Å²) in [6.07, 6.45) is -3.67. The molecule has 0 amide bonds. The zero-order valence-electron chi connectivity index (χ0n) is 17.3. The molecule has 5 atom stereocenters. The van der Waals surface area contributed by atoms with Gasteiger partial charge in [-0.05, 0) is 85.6 Å². The number of benzene rings is 2.